The second kappa shape index (κ2) is 14.3. The maximum Gasteiger partial charge on any atom is 0.333 e. The normalized spacial score (nSPS) is 21.9. The predicted octanol–water partition coefficient (Wildman–Crippen LogP) is 4.69. The monoisotopic (exact) mass is 490 g/mol. The van der Waals surface area contributed by atoms with E-state index in [2.05, 4.69) is 27.8 Å². The maximum absolute atomic E-state index is 13.0. The van der Waals surface area contributed by atoms with Gasteiger partial charge in [-0.15, -0.1) is 0 Å². The SMILES string of the molecule is C=C(C)C(=O)OCC(NC(=O)NC1CCCCC1)C(NC(=O)NC1CCCCC1)C1CCCCC1. The minimum Gasteiger partial charge on any atom is -0.460 e. The van der Waals surface area contributed by atoms with Crippen molar-refractivity contribution >= 4 is 18.0 Å². The molecule has 0 bridgehead atoms. The summed E-state index contributed by atoms with van der Waals surface area (Å²) in [5.74, 6) is -0.275. The van der Waals surface area contributed by atoms with E-state index in [9.17, 15) is 14.4 Å². The van der Waals surface area contributed by atoms with Crippen LogP contribution in [0.1, 0.15) is 103 Å². The zero-order chi connectivity index (χ0) is 25.0. The molecular weight excluding hydrogens is 444 g/mol. The lowest BCUT2D eigenvalue weighted by atomic mass is 9.81. The molecule has 8 heteroatoms. The van der Waals surface area contributed by atoms with Gasteiger partial charge in [0.1, 0.15) is 6.61 Å². The van der Waals surface area contributed by atoms with Crippen LogP contribution in [0, 0.1) is 5.92 Å². The number of nitrogens with one attached hydrogen (secondary N) is 4. The van der Waals surface area contributed by atoms with E-state index in [1.165, 1.54) is 19.3 Å². The largest absolute Gasteiger partial charge is 0.460 e. The van der Waals surface area contributed by atoms with Crippen LogP contribution in [0.15, 0.2) is 12.2 Å². The summed E-state index contributed by atoms with van der Waals surface area (Å²) in [6.45, 7) is 5.27. The molecule has 198 valence electrons. The van der Waals surface area contributed by atoms with Gasteiger partial charge in [-0.1, -0.05) is 64.4 Å². The summed E-state index contributed by atoms with van der Waals surface area (Å²) in [5, 5.41) is 12.5. The highest BCUT2D eigenvalue weighted by atomic mass is 16.5. The van der Waals surface area contributed by atoms with Gasteiger partial charge in [-0.05, 0) is 51.4 Å². The molecule has 3 saturated carbocycles. The van der Waals surface area contributed by atoms with Crippen LogP contribution in [0.25, 0.3) is 0 Å². The number of ether oxygens (including phenoxy) is 1. The molecule has 0 aromatic heterocycles. The smallest absolute Gasteiger partial charge is 0.333 e. The van der Waals surface area contributed by atoms with Gasteiger partial charge in [0.2, 0.25) is 0 Å². The number of carbonyl (C=O) groups excluding carboxylic acids is 3. The summed E-state index contributed by atoms with van der Waals surface area (Å²) in [7, 11) is 0. The van der Waals surface area contributed by atoms with Crippen LogP contribution < -0.4 is 21.3 Å². The molecule has 0 aromatic carbocycles. The first-order chi connectivity index (χ1) is 16.9. The molecule has 2 unspecified atom stereocenters. The van der Waals surface area contributed by atoms with Gasteiger partial charge < -0.3 is 26.0 Å². The summed E-state index contributed by atoms with van der Waals surface area (Å²) < 4.78 is 5.51. The Morgan fingerprint density at radius 1 is 0.743 bits per heavy atom. The molecule has 3 aliphatic rings. The summed E-state index contributed by atoms with van der Waals surface area (Å²) in [6, 6.07) is -0.950. The average molecular weight is 491 g/mol. The van der Waals surface area contributed by atoms with E-state index < -0.39 is 12.0 Å². The van der Waals surface area contributed by atoms with Gasteiger partial charge in [0.25, 0.3) is 0 Å². The number of amides is 4. The summed E-state index contributed by atoms with van der Waals surface area (Å²) >= 11 is 0. The highest BCUT2D eigenvalue weighted by molar-refractivity contribution is 5.87. The lowest BCUT2D eigenvalue weighted by Crippen LogP contribution is -2.61. The van der Waals surface area contributed by atoms with Crippen molar-refractivity contribution in [2.45, 2.75) is 127 Å². The zero-order valence-corrected chi connectivity index (χ0v) is 21.5. The van der Waals surface area contributed by atoms with E-state index in [-0.39, 0.29) is 42.7 Å². The molecular formula is C27H46N4O4. The van der Waals surface area contributed by atoms with Gasteiger partial charge in [0.15, 0.2) is 0 Å². The quantitative estimate of drug-likeness (QED) is 0.278. The first kappa shape index (κ1) is 27.3. The number of carbonyl (C=O) groups is 3. The van der Waals surface area contributed by atoms with Crippen LogP contribution in [-0.4, -0.2) is 48.8 Å². The van der Waals surface area contributed by atoms with E-state index in [4.69, 9.17) is 4.74 Å². The molecule has 8 nitrogen and oxygen atoms in total. The van der Waals surface area contributed by atoms with Gasteiger partial charge in [-0.3, -0.25) is 0 Å². The van der Waals surface area contributed by atoms with Gasteiger partial charge in [0, 0.05) is 17.7 Å². The molecule has 3 rings (SSSR count). The third-order valence-corrected chi connectivity index (χ3v) is 7.83. The van der Waals surface area contributed by atoms with Gasteiger partial charge >= 0.3 is 18.0 Å². The molecule has 4 amide bonds. The Morgan fingerprint density at radius 2 is 1.20 bits per heavy atom. The number of hydrogen-bond donors (Lipinski definition) is 4. The minimum absolute atomic E-state index is 0.00530. The Bertz CT molecular complexity index is 710. The molecule has 3 aliphatic carbocycles. The van der Waals surface area contributed by atoms with Crippen LogP contribution in [-0.2, 0) is 9.53 Å². The number of urea groups is 2. The lowest BCUT2D eigenvalue weighted by molar-refractivity contribution is -0.139. The standard InChI is InChI=1S/C27H46N4O4/c1-19(2)25(32)35-18-23(30-26(33)28-21-14-8-4-9-15-21)24(20-12-6-3-7-13-20)31-27(34)29-22-16-10-5-11-17-22/h20-24H,1,3-18H2,2H3,(H2,28,30,33)(H2,29,31,34). The Hall–Kier alpha value is -2.25. The highest BCUT2D eigenvalue weighted by Crippen LogP contribution is 2.28. The van der Waals surface area contributed by atoms with Crippen LogP contribution in [0.5, 0.6) is 0 Å². The van der Waals surface area contributed by atoms with E-state index in [0.717, 1.165) is 77.0 Å². The maximum atomic E-state index is 13.0. The van der Waals surface area contributed by atoms with Crippen LogP contribution in [0.2, 0.25) is 0 Å². The molecule has 0 aromatic rings. The summed E-state index contributed by atoms with van der Waals surface area (Å²) in [5.41, 5.74) is 0.313. The first-order valence-corrected chi connectivity index (χ1v) is 13.9. The van der Waals surface area contributed by atoms with Crippen molar-refractivity contribution in [2.75, 3.05) is 6.61 Å². The third kappa shape index (κ3) is 9.37. The van der Waals surface area contributed by atoms with Crippen LogP contribution in [0.3, 0.4) is 0 Å². The average Bonchev–Trinajstić information content (AvgIpc) is 2.86. The fraction of sp³-hybridized carbons (Fsp3) is 0.815. The molecule has 0 heterocycles. The van der Waals surface area contributed by atoms with Crippen molar-refractivity contribution in [3.8, 4) is 0 Å². The molecule has 0 radical (unpaired) electrons. The van der Waals surface area contributed by atoms with E-state index >= 15 is 0 Å². The second-order valence-corrected chi connectivity index (χ2v) is 10.8. The fourth-order valence-electron chi connectivity index (χ4n) is 5.83. The highest BCUT2D eigenvalue weighted by Gasteiger charge is 2.35. The van der Waals surface area contributed by atoms with Crippen LogP contribution in [0.4, 0.5) is 9.59 Å². The van der Waals surface area contributed by atoms with E-state index in [1.54, 1.807) is 6.92 Å². The molecule has 2 atom stereocenters. The van der Waals surface area contributed by atoms with Crippen molar-refractivity contribution in [3.63, 3.8) is 0 Å². The number of hydrogen-bond acceptors (Lipinski definition) is 4. The van der Waals surface area contributed by atoms with Crippen LogP contribution >= 0.6 is 0 Å². The van der Waals surface area contributed by atoms with Crippen molar-refractivity contribution in [2.24, 2.45) is 5.92 Å². The number of esters is 1. The Morgan fingerprint density at radius 3 is 1.69 bits per heavy atom. The van der Waals surface area contributed by atoms with Crippen molar-refractivity contribution in [1.82, 2.24) is 21.3 Å². The molecule has 4 N–H and O–H groups in total. The van der Waals surface area contributed by atoms with Gasteiger partial charge in [0.05, 0.1) is 12.1 Å². The molecule has 0 spiro atoms. The second-order valence-electron chi connectivity index (χ2n) is 10.8. The zero-order valence-electron chi connectivity index (χ0n) is 21.5. The molecule has 0 aliphatic heterocycles. The molecule has 35 heavy (non-hydrogen) atoms. The van der Waals surface area contributed by atoms with Crippen molar-refractivity contribution in [3.05, 3.63) is 12.2 Å². The van der Waals surface area contributed by atoms with Gasteiger partial charge in [-0.2, -0.15) is 0 Å². The first-order valence-electron chi connectivity index (χ1n) is 13.9. The molecule has 3 fully saturated rings. The Kier molecular flexibility index (Phi) is 11.2. The van der Waals surface area contributed by atoms with Crippen molar-refractivity contribution < 1.29 is 19.1 Å². The van der Waals surface area contributed by atoms with E-state index in [1.807, 2.05) is 0 Å². The summed E-state index contributed by atoms with van der Waals surface area (Å²) in [6.07, 6.45) is 16.3. The Labute approximate surface area is 210 Å². The summed E-state index contributed by atoms with van der Waals surface area (Å²) in [4.78, 5) is 38.2. The number of rotatable bonds is 9. The predicted molar refractivity (Wildman–Crippen MR) is 137 cm³/mol. The molecule has 0 saturated heterocycles. The topological polar surface area (TPSA) is 109 Å². The minimum atomic E-state index is -0.526. The van der Waals surface area contributed by atoms with Crippen molar-refractivity contribution in [1.29, 1.82) is 0 Å². The van der Waals surface area contributed by atoms with E-state index in [0.29, 0.717) is 5.57 Å². The lowest BCUT2D eigenvalue weighted by Gasteiger charge is -2.37. The fourth-order valence-corrected chi connectivity index (χ4v) is 5.83. The Balaban J connectivity index is 1.70. The third-order valence-electron chi connectivity index (χ3n) is 7.83. The van der Waals surface area contributed by atoms with Gasteiger partial charge in [-0.25, -0.2) is 14.4 Å².